The lowest BCUT2D eigenvalue weighted by Crippen LogP contribution is -2.13. The van der Waals surface area contributed by atoms with E-state index in [4.69, 9.17) is 14.7 Å². The fourth-order valence-electron chi connectivity index (χ4n) is 1.50. The Balaban J connectivity index is 2.45. The van der Waals surface area contributed by atoms with Gasteiger partial charge in [-0.15, -0.1) is 0 Å². The molecule has 1 unspecified atom stereocenters. The minimum Gasteiger partial charge on any atom is -0.481 e. The molecule has 1 aromatic rings. The number of ether oxygens (including phenoxy) is 2. The van der Waals surface area contributed by atoms with Crippen molar-refractivity contribution in [2.75, 3.05) is 14.2 Å². The van der Waals surface area contributed by atoms with Gasteiger partial charge in [0.1, 0.15) is 5.92 Å². The summed E-state index contributed by atoms with van der Waals surface area (Å²) >= 11 is 0. The highest BCUT2D eigenvalue weighted by atomic mass is 16.5. The van der Waals surface area contributed by atoms with Gasteiger partial charge < -0.3 is 9.47 Å². The highest BCUT2D eigenvalue weighted by Crippen LogP contribution is 2.22. The molecule has 2 heterocycles. The van der Waals surface area contributed by atoms with Gasteiger partial charge in [-0.2, -0.15) is 15.2 Å². The molecule has 2 rings (SSSR count). The predicted molar refractivity (Wildman–Crippen MR) is 65.7 cm³/mol. The number of methoxy groups -OCH3 is 2. The number of nitrogens with zero attached hydrogens (tertiary/aromatic N) is 4. The Bertz CT molecular complexity index is 594. The molecule has 1 aliphatic rings. The summed E-state index contributed by atoms with van der Waals surface area (Å²) < 4.78 is 9.98. The van der Waals surface area contributed by atoms with Crippen LogP contribution in [-0.2, 0) is 4.79 Å². The normalized spacial score (nSPS) is 17.6. The number of rotatable bonds is 3. The summed E-state index contributed by atoms with van der Waals surface area (Å²) in [6, 6.07) is 3.57. The maximum atomic E-state index is 11.3. The molecule has 0 saturated heterocycles. The van der Waals surface area contributed by atoms with Crippen LogP contribution in [0.5, 0.6) is 11.9 Å². The van der Waals surface area contributed by atoms with E-state index in [-0.39, 0.29) is 6.01 Å². The molecule has 1 aromatic heterocycles. The van der Waals surface area contributed by atoms with E-state index in [2.05, 4.69) is 15.0 Å². The van der Waals surface area contributed by atoms with Gasteiger partial charge in [-0.05, 0) is 6.08 Å². The van der Waals surface area contributed by atoms with E-state index in [9.17, 15) is 4.79 Å². The summed E-state index contributed by atoms with van der Waals surface area (Å²) in [7, 11) is 2.90. The fourth-order valence-corrected chi connectivity index (χ4v) is 1.50. The van der Waals surface area contributed by atoms with Crippen LogP contribution >= 0.6 is 0 Å². The molecule has 0 aromatic carbocycles. The molecule has 7 heteroatoms. The molecule has 0 saturated carbocycles. The number of hydrogen-bond acceptors (Lipinski definition) is 6. The third kappa shape index (κ3) is 2.57. The summed E-state index contributed by atoms with van der Waals surface area (Å²) in [5.74, 6) is -1.06. The highest BCUT2D eigenvalue weighted by molar-refractivity contribution is 6.16. The van der Waals surface area contributed by atoms with Crippen LogP contribution in [0, 0.1) is 17.2 Å². The molecule has 0 N–H and O–H groups in total. The lowest BCUT2D eigenvalue weighted by molar-refractivity contribution is -0.118. The van der Waals surface area contributed by atoms with Crippen molar-refractivity contribution >= 4 is 17.7 Å². The van der Waals surface area contributed by atoms with E-state index in [1.165, 1.54) is 26.5 Å². The fraction of sp³-hybridized carbons (Fsp3) is 0.250. The molecule has 0 spiro atoms. The van der Waals surface area contributed by atoms with Crippen LogP contribution in [0.2, 0.25) is 0 Å². The number of amides is 1. The number of dihydropyridines is 1. The average molecular weight is 258 g/mol. The molecule has 0 fully saturated rings. The molecule has 1 atom stereocenters. The smallest absolute Gasteiger partial charge is 0.320 e. The first-order valence-electron chi connectivity index (χ1n) is 5.34. The molecular weight excluding hydrogens is 248 g/mol. The number of carbonyl (C=O) groups is 1. The molecule has 19 heavy (non-hydrogen) atoms. The second kappa shape index (κ2) is 5.27. The molecular formula is C12H10N4O3. The van der Waals surface area contributed by atoms with Crippen LogP contribution in [0.15, 0.2) is 17.1 Å². The first-order chi connectivity index (χ1) is 9.17. The van der Waals surface area contributed by atoms with Crippen molar-refractivity contribution < 1.29 is 14.3 Å². The number of carbonyl (C=O) groups excluding carboxylic acids is 1. The van der Waals surface area contributed by atoms with Crippen LogP contribution in [-0.4, -0.2) is 36.3 Å². The quantitative estimate of drug-likeness (QED) is 0.788. The van der Waals surface area contributed by atoms with E-state index in [1.54, 1.807) is 6.07 Å². The van der Waals surface area contributed by atoms with Crippen LogP contribution < -0.4 is 9.47 Å². The number of allylic oxidation sites excluding steroid dienone is 1. The Morgan fingerprint density at radius 3 is 2.74 bits per heavy atom. The van der Waals surface area contributed by atoms with Crippen molar-refractivity contribution in [2.45, 2.75) is 0 Å². The van der Waals surface area contributed by atoms with Crippen molar-refractivity contribution in [1.29, 1.82) is 5.26 Å². The maximum Gasteiger partial charge on any atom is 0.320 e. The van der Waals surface area contributed by atoms with Gasteiger partial charge in [0.2, 0.25) is 5.88 Å². The lowest BCUT2D eigenvalue weighted by atomic mass is 10.0. The van der Waals surface area contributed by atoms with Gasteiger partial charge in [0, 0.05) is 17.9 Å². The Kier molecular flexibility index (Phi) is 3.52. The van der Waals surface area contributed by atoms with Crippen molar-refractivity contribution in [3.8, 4) is 18.0 Å². The Hall–Kier alpha value is -2.75. The Morgan fingerprint density at radius 2 is 2.11 bits per heavy atom. The zero-order valence-corrected chi connectivity index (χ0v) is 10.3. The van der Waals surface area contributed by atoms with Crippen molar-refractivity contribution in [3.63, 3.8) is 0 Å². The third-order valence-corrected chi connectivity index (χ3v) is 2.45. The van der Waals surface area contributed by atoms with Crippen molar-refractivity contribution in [1.82, 2.24) is 9.97 Å². The van der Waals surface area contributed by atoms with E-state index in [0.717, 1.165) is 0 Å². The molecule has 0 radical (unpaired) electrons. The van der Waals surface area contributed by atoms with Crippen LogP contribution in [0.3, 0.4) is 0 Å². The second-order valence-electron chi connectivity index (χ2n) is 3.61. The number of hydrogen-bond donors (Lipinski definition) is 0. The SMILES string of the molecule is COc1cc(C2=CC(C#N)C(=O)N=C2)nc(OC)n1. The first kappa shape index (κ1) is 12.7. The molecule has 1 amide bonds. The third-order valence-electron chi connectivity index (χ3n) is 2.45. The molecule has 0 bridgehead atoms. The van der Waals surface area contributed by atoms with E-state index in [1.807, 2.05) is 6.07 Å². The van der Waals surface area contributed by atoms with Gasteiger partial charge in [-0.1, -0.05) is 0 Å². The summed E-state index contributed by atoms with van der Waals surface area (Å²) in [6.45, 7) is 0. The maximum absolute atomic E-state index is 11.3. The monoisotopic (exact) mass is 258 g/mol. The van der Waals surface area contributed by atoms with E-state index in [0.29, 0.717) is 17.1 Å². The van der Waals surface area contributed by atoms with Crippen LogP contribution in [0.1, 0.15) is 5.69 Å². The van der Waals surface area contributed by atoms with Crippen molar-refractivity contribution in [3.05, 3.63) is 17.8 Å². The minimum atomic E-state index is -0.896. The summed E-state index contributed by atoms with van der Waals surface area (Å²) in [5.41, 5.74) is 1.02. The van der Waals surface area contributed by atoms with Gasteiger partial charge in [-0.3, -0.25) is 4.79 Å². The summed E-state index contributed by atoms with van der Waals surface area (Å²) in [5, 5.41) is 8.86. The van der Waals surface area contributed by atoms with E-state index >= 15 is 0 Å². The Morgan fingerprint density at radius 1 is 1.32 bits per heavy atom. The second-order valence-corrected chi connectivity index (χ2v) is 3.61. The topological polar surface area (TPSA) is 97.5 Å². The lowest BCUT2D eigenvalue weighted by Gasteiger charge is -2.10. The van der Waals surface area contributed by atoms with Gasteiger partial charge in [0.05, 0.1) is 26.0 Å². The molecule has 1 aliphatic heterocycles. The predicted octanol–water partition coefficient (Wildman–Crippen LogP) is 0.628. The average Bonchev–Trinajstić information content (AvgIpc) is 2.47. The molecule has 0 aliphatic carbocycles. The summed E-state index contributed by atoms with van der Waals surface area (Å²) in [6.07, 6.45) is 2.86. The molecule has 96 valence electrons. The van der Waals surface area contributed by atoms with Gasteiger partial charge in [0.15, 0.2) is 0 Å². The standard InChI is InChI=1S/C12H10N4O3/c1-18-10-4-9(15-12(16-10)19-2)8-3-7(5-13)11(17)14-6-8/h3-4,6-7H,1-2H3. The largest absolute Gasteiger partial charge is 0.481 e. The van der Waals surface area contributed by atoms with Gasteiger partial charge >= 0.3 is 6.01 Å². The highest BCUT2D eigenvalue weighted by Gasteiger charge is 2.20. The van der Waals surface area contributed by atoms with E-state index < -0.39 is 11.8 Å². The van der Waals surface area contributed by atoms with Crippen molar-refractivity contribution in [2.24, 2.45) is 10.9 Å². The van der Waals surface area contributed by atoms with Gasteiger partial charge in [0.25, 0.3) is 5.91 Å². The number of aromatic nitrogens is 2. The molecule has 7 nitrogen and oxygen atoms in total. The zero-order valence-electron chi connectivity index (χ0n) is 10.3. The number of nitriles is 1. The number of aliphatic imine (C=N–C) groups is 1. The first-order valence-corrected chi connectivity index (χ1v) is 5.34. The summed E-state index contributed by atoms with van der Waals surface area (Å²) in [4.78, 5) is 23.0. The zero-order chi connectivity index (χ0) is 13.8. The Labute approximate surface area is 109 Å². The van der Waals surface area contributed by atoms with Crippen LogP contribution in [0.25, 0.3) is 5.57 Å². The van der Waals surface area contributed by atoms with Gasteiger partial charge in [-0.25, -0.2) is 4.99 Å². The van der Waals surface area contributed by atoms with Crippen LogP contribution in [0.4, 0.5) is 0 Å². The minimum absolute atomic E-state index is 0.133.